The first-order valence-corrected chi connectivity index (χ1v) is 11.7. The number of hydrogen-bond acceptors (Lipinski definition) is 3. The number of nitrogens with zero attached hydrogens (tertiary/aromatic N) is 1. The molecule has 1 amide bonds. The Labute approximate surface area is 194 Å². The summed E-state index contributed by atoms with van der Waals surface area (Å²) in [6, 6.07) is 25.3. The van der Waals surface area contributed by atoms with Gasteiger partial charge in [0.05, 0.1) is 13.2 Å². The maximum absolute atomic E-state index is 13.3. The minimum Gasteiger partial charge on any atom is -0.496 e. The number of ether oxygens (including phenoxy) is 2. The summed E-state index contributed by atoms with van der Waals surface area (Å²) in [5.74, 6) is 0.973. The number of benzene rings is 3. The highest BCUT2D eigenvalue weighted by Crippen LogP contribution is 2.45. The third-order valence-corrected chi connectivity index (χ3v) is 7.40. The lowest BCUT2D eigenvalue weighted by Gasteiger charge is -2.34. The number of fused-ring (bicyclic) bond motifs is 5. The number of methoxy groups -OCH3 is 1. The monoisotopic (exact) mass is 437 g/mol. The largest absolute Gasteiger partial charge is 0.496 e. The summed E-state index contributed by atoms with van der Waals surface area (Å²) in [5.41, 5.74) is 7.37. The molecule has 6 rings (SSSR count). The zero-order valence-electron chi connectivity index (χ0n) is 18.7. The average Bonchev–Trinajstić information content (AvgIpc) is 3.33. The van der Waals surface area contributed by atoms with Crippen molar-refractivity contribution in [1.82, 2.24) is 4.90 Å². The summed E-state index contributed by atoms with van der Waals surface area (Å²) in [6.45, 7) is 0.367. The van der Waals surface area contributed by atoms with Crippen molar-refractivity contribution in [3.63, 3.8) is 0 Å². The van der Waals surface area contributed by atoms with Gasteiger partial charge in [0.2, 0.25) is 0 Å². The lowest BCUT2D eigenvalue weighted by molar-refractivity contribution is 0.0866. The topological polar surface area (TPSA) is 38.8 Å². The van der Waals surface area contributed by atoms with E-state index in [0.717, 1.165) is 30.6 Å². The zero-order valence-corrected chi connectivity index (χ0v) is 18.7. The van der Waals surface area contributed by atoms with E-state index in [-0.39, 0.29) is 24.1 Å². The summed E-state index contributed by atoms with van der Waals surface area (Å²) >= 11 is 0. The molecular formula is C29H27NO3. The van der Waals surface area contributed by atoms with Crippen LogP contribution in [0, 0.1) is 0 Å². The minimum atomic E-state index is -0.195. The zero-order chi connectivity index (χ0) is 22.4. The molecule has 2 aliphatic heterocycles. The molecule has 0 radical (unpaired) electrons. The maximum atomic E-state index is 13.3. The highest BCUT2D eigenvalue weighted by Gasteiger charge is 2.41. The van der Waals surface area contributed by atoms with Gasteiger partial charge in [0.15, 0.2) is 0 Å². The first-order chi connectivity index (χ1) is 16.2. The highest BCUT2D eigenvalue weighted by atomic mass is 16.6. The van der Waals surface area contributed by atoms with Gasteiger partial charge in [-0.1, -0.05) is 72.8 Å². The Morgan fingerprint density at radius 1 is 0.879 bits per heavy atom. The van der Waals surface area contributed by atoms with Gasteiger partial charge in [0, 0.05) is 17.5 Å². The second-order valence-corrected chi connectivity index (χ2v) is 9.11. The van der Waals surface area contributed by atoms with Crippen LogP contribution in [-0.2, 0) is 4.74 Å². The van der Waals surface area contributed by atoms with Gasteiger partial charge in [-0.3, -0.25) is 4.90 Å². The van der Waals surface area contributed by atoms with Crippen LogP contribution in [-0.4, -0.2) is 36.8 Å². The highest BCUT2D eigenvalue weighted by molar-refractivity contribution is 5.80. The van der Waals surface area contributed by atoms with Crippen LogP contribution >= 0.6 is 0 Å². The Hall–Kier alpha value is -3.53. The second-order valence-electron chi connectivity index (χ2n) is 9.11. The summed E-state index contributed by atoms with van der Waals surface area (Å²) in [4.78, 5) is 15.2. The summed E-state index contributed by atoms with van der Waals surface area (Å²) in [5, 5.41) is 0. The molecule has 2 heterocycles. The molecule has 0 spiro atoms. The SMILES string of the molecule is COc1ccccc1C1=CC2CCC(C1)N2C(=O)OCC1c2ccccc2-c2ccccc21. The van der Waals surface area contributed by atoms with Crippen LogP contribution in [0.3, 0.4) is 0 Å². The summed E-state index contributed by atoms with van der Waals surface area (Å²) in [7, 11) is 1.71. The molecule has 1 saturated heterocycles. The van der Waals surface area contributed by atoms with Crippen molar-refractivity contribution in [2.24, 2.45) is 0 Å². The smallest absolute Gasteiger partial charge is 0.410 e. The number of para-hydroxylation sites is 1. The molecule has 0 saturated carbocycles. The van der Waals surface area contributed by atoms with E-state index < -0.39 is 0 Å². The van der Waals surface area contributed by atoms with Crippen LogP contribution in [0.4, 0.5) is 4.79 Å². The van der Waals surface area contributed by atoms with Gasteiger partial charge in [-0.15, -0.1) is 0 Å². The first kappa shape index (κ1) is 20.1. The Morgan fingerprint density at radius 3 is 2.18 bits per heavy atom. The molecule has 1 fully saturated rings. The second kappa shape index (κ2) is 8.11. The lowest BCUT2D eigenvalue weighted by atomic mass is 9.94. The van der Waals surface area contributed by atoms with Crippen molar-refractivity contribution >= 4 is 11.7 Å². The third-order valence-electron chi connectivity index (χ3n) is 7.40. The van der Waals surface area contributed by atoms with E-state index in [1.807, 2.05) is 23.1 Å². The quantitative estimate of drug-likeness (QED) is 0.483. The molecule has 4 heteroatoms. The molecule has 2 bridgehead atoms. The molecule has 2 unspecified atom stereocenters. The number of carbonyl (C=O) groups excluding carboxylic acids is 1. The van der Waals surface area contributed by atoms with E-state index in [1.165, 1.54) is 27.8 Å². The van der Waals surface area contributed by atoms with Crippen molar-refractivity contribution in [2.45, 2.75) is 37.3 Å². The molecule has 166 valence electrons. The predicted molar refractivity (Wildman–Crippen MR) is 129 cm³/mol. The van der Waals surface area contributed by atoms with Gasteiger partial charge >= 0.3 is 6.09 Å². The van der Waals surface area contributed by atoms with Gasteiger partial charge in [0.25, 0.3) is 0 Å². The standard InChI is InChI=1S/C29H27NO3/c1-32-28-13-7-6-8-22(28)19-16-20-14-15-21(17-19)30(20)29(31)33-18-27-25-11-4-2-9-23(25)24-10-3-5-12-26(24)27/h2-13,16,20-21,27H,14-15,17-18H2,1H3. The van der Waals surface area contributed by atoms with E-state index in [9.17, 15) is 4.79 Å². The van der Waals surface area contributed by atoms with Gasteiger partial charge in [-0.05, 0) is 53.2 Å². The molecule has 4 nitrogen and oxygen atoms in total. The van der Waals surface area contributed by atoms with E-state index in [2.05, 4.69) is 60.7 Å². The van der Waals surface area contributed by atoms with Crippen molar-refractivity contribution < 1.29 is 14.3 Å². The van der Waals surface area contributed by atoms with E-state index in [0.29, 0.717) is 6.61 Å². The molecule has 3 aromatic carbocycles. The van der Waals surface area contributed by atoms with Crippen LogP contribution in [0.25, 0.3) is 16.7 Å². The van der Waals surface area contributed by atoms with Crippen LogP contribution < -0.4 is 4.74 Å². The normalized spacial score (nSPS) is 20.8. The Bertz CT molecular complexity index is 1200. The molecule has 0 N–H and O–H groups in total. The number of hydrogen-bond donors (Lipinski definition) is 0. The number of carbonyl (C=O) groups is 1. The molecule has 3 aliphatic rings. The third kappa shape index (κ3) is 3.32. The number of rotatable bonds is 4. The molecule has 0 aromatic heterocycles. The molecular weight excluding hydrogens is 410 g/mol. The van der Waals surface area contributed by atoms with E-state index >= 15 is 0 Å². The Morgan fingerprint density at radius 2 is 1.52 bits per heavy atom. The van der Waals surface area contributed by atoms with Crippen molar-refractivity contribution in [1.29, 1.82) is 0 Å². The van der Waals surface area contributed by atoms with Crippen molar-refractivity contribution in [3.05, 3.63) is 95.6 Å². The van der Waals surface area contributed by atoms with Gasteiger partial charge < -0.3 is 9.47 Å². The molecule has 3 aromatic rings. The first-order valence-electron chi connectivity index (χ1n) is 11.7. The van der Waals surface area contributed by atoms with Gasteiger partial charge in [-0.25, -0.2) is 4.79 Å². The fraction of sp³-hybridized carbons (Fsp3) is 0.276. The van der Waals surface area contributed by atoms with Crippen LogP contribution in [0.2, 0.25) is 0 Å². The van der Waals surface area contributed by atoms with Crippen LogP contribution in [0.1, 0.15) is 41.9 Å². The maximum Gasteiger partial charge on any atom is 0.410 e. The Balaban J connectivity index is 1.21. The van der Waals surface area contributed by atoms with Crippen LogP contribution in [0.15, 0.2) is 78.9 Å². The Kier molecular flexibility index (Phi) is 4.94. The number of amides is 1. The van der Waals surface area contributed by atoms with Gasteiger partial charge in [0.1, 0.15) is 12.4 Å². The van der Waals surface area contributed by atoms with E-state index in [1.54, 1.807) is 7.11 Å². The van der Waals surface area contributed by atoms with E-state index in [4.69, 9.17) is 9.47 Å². The van der Waals surface area contributed by atoms with Gasteiger partial charge in [-0.2, -0.15) is 0 Å². The van der Waals surface area contributed by atoms with Crippen molar-refractivity contribution in [2.75, 3.05) is 13.7 Å². The fourth-order valence-corrected chi connectivity index (χ4v) is 5.89. The lowest BCUT2D eigenvalue weighted by Crippen LogP contribution is -2.43. The van der Waals surface area contributed by atoms with Crippen LogP contribution in [0.5, 0.6) is 5.75 Å². The van der Waals surface area contributed by atoms with Crippen molar-refractivity contribution in [3.8, 4) is 16.9 Å². The summed E-state index contributed by atoms with van der Waals surface area (Å²) < 4.78 is 11.5. The fourth-order valence-electron chi connectivity index (χ4n) is 5.89. The molecule has 2 atom stereocenters. The molecule has 33 heavy (non-hydrogen) atoms. The predicted octanol–water partition coefficient (Wildman–Crippen LogP) is 6.26. The average molecular weight is 438 g/mol. The summed E-state index contributed by atoms with van der Waals surface area (Å²) in [6.07, 6.45) is 4.86. The minimum absolute atomic E-state index is 0.0827. The molecule has 1 aliphatic carbocycles.